The van der Waals surface area contributed by atoms with Crippen LogP contribution in [0.5, 0.6) is 0 Å². The van der Waals surface area contributed by atoms with E-state index in [1.54, 1.807) is 18.2 Å². The van der Waals surface area contributed by atoms with Crippen molar-refractivity contribution in [3.8, 4) is 0 Å². The average molecular weight is 250 g/mol. The zero-order chi connectivity index (χ0) is 13.1. The fourth-order valence-electron chi connectivity index (χ4n) is 1.76. The molecule has 0 aliphatic carbocycles. The number of aromatic amines is 1. The molecule has 2 atom stereocenters. The SMILES string of the molecule is COC(=O)CC(O)C(O)c1[nH]nc2ccccc12. The molecule has 0 aliphatic rings. The molecule has 6 heteroatoms. The molecule has 96 valence electrons. The van der Waals surface area contributed by atoms with E-state index in [-0.39, 0.29) is 6.42 Å². The van der Waals surface area contributed by atoms with Crippen LogP contribution in [0.3, 0.4) is 0 Å². The lowest BCUT2D eigenvalue weighted by atomic mass is 10.0. The van der Waals surface area contributed by atoms with Crippen molar-refractivity contribution in [2.75, 3.05) is 7.11 Å². The second kappa shape index (κ2) is 5.16. The largest absolute Gasteiger partial charge is 0.469 e. The standard InChI is InChI=1S/C12H14N2O4/c1-18-10(16)6-9(15)12(17)11-7-4-2-3-5-8(7)13-14-11/h2-5,9,12,15,17H,6H2,1H3,(H,13,14). The zero-order valence-corrected chi connectivity index (χ0v) is 9.83. The van der Waals surface area contributed by atoms with E-state index < -0.39 is 18.2 Å². The second-order valence-electron chi connectivity index (χ2n) is 3.95. The van der Waals surface area contributed by atoms with Gasteiger partial charge in [0.05, 0.1) is 30.8 Å². The smallest absolute Gasteiger partial charge is 0.308 e. The molecular weight excluding hydrogens is 236 g/mol. The first-order valence-corrected chi connectivity index (χ1v) is 5.49. The highest BCUT2D eigenvalue weighted by Gasteiger charge is 2.24. The van der Waals surface area contributed by atoms with E-state index in [0.29, 0.717) is 16.6 Å². The van der Waals surface area contributed by atoms with Crippen LogP contribution in [-0.4, -0.2) is 39.6 Å². The third kappa shape index (κ3) is 2.34. The van der Waals surface area contributed by atoms with Crippen LogP contribution in [0.25, 0.3) is 10.9 Å². The van der Waals surface area contributed by atoms with Crippen LogP contribution in [-0.2, 0) is 9.53 Å². The highest BCUT2D eigenvalue weighted by Crippen LogP contribution is 2.24. The van der Waals surface area contributed by atoms with Gasteiger partial charge in [0.25, 0.3) is 0 Å². The maximum absolute atomic E-state index is 11.0. The molecule has 18 heavy (non-hydrogen) atoms. The lowest BCUT2D eigenvalue weighted by Crippen LogP contribution is -2.23. The minimum atomic E-state index is -1.23. The van der Waals surface area contributed by atoms with Gasteiger partial charge in [0.2, 0.25) is 0 Å². The van der Waals surface area contributed by atoms with E-state index in [1.807, 2.05) is 6.07 Å². The number of aromatic nitrogens is 2. The normalized spacial score (nSPS) is 14.4. The summed E-state index contributed by atoms with van der Waals surface area (Å²) in [5.74, 6) is -0.578. The van der Waals surface area contributed by atoms with Gasteiger partial charge in [-0.15, -0.1) is 0 Å². The van der Waals surface area contributed by atoms with Gasteiger partial charge in [0.15, 0.2) is 0 Å². The molecule has 2 rings (SSSR count). The van der Waals surface area contributed by atoms with Crippen LogP contribution in [0, 0.1) is 0 Å². The number of aliphatic hydroxyl groups excluding tert-OH is 2. The van der Waals surface area contributed by atoms with E-state index in [1.165, 1.54) is 7.11 Å². The van der Waals surface area contributed by atoms with Gasteiger partial charge in [-0.1, -0.05) is 18.2 Å². The predicted molar refractivity (Wildman–Crippen MR) is 63.7 cm³/mol. The van der Waals surface area contributed by atoms with E-state index in [0.717, 1.165) is 0 Å². The third-order valence-electron chi connectivity index (χ3n) is 2.75. The van der Waals surface area contributed by atoms with Gasteiger partial charge >= 0.3 is 5.97 Å². The van der Waals surface area contributed by atoms with Crippen LogP contribution in [0.2, 0.25) is 0 Å². The summed E-state index contributed by atoms with van der Waals surface area (Å²) in [5, 5.41) is 27.1. The molecular formula is C12H14N2O4. The number of ether oxygens (including phenoxy) is 1. The van der Waals surface area contributed by atoms with Gasteiger partial charge < -0.3 is 14.9 Å². The number of benzene rings is 1. The van der Waals surface area contributed by atoms with E-state index in [2.05, 4.69) is 14.9 Å². The Balaban J connectivity index is 2.22. The van der Waals surface area contributed by atoms with Crippen LogP contribution in [0.15, 0.2) is 24.3 Å². The van der Waals surface area contributed by atoms with Crippen molar-refractivity contribution in [1.29, 1.82) is 0 Å². The molecule has 2 unspecified atom stereocenters. The van der Waals surface area contributed by atoms with Gasteiger partial charge in [-0.25, -0.2) is 0 Å². The summed E-state index contributed by atoms with van der Waals surface area (Å²) in [6.07, 6.45) is -2.72. The lowest BCUT2D eigenvalue weighted by Gasteiger charge is -2.15. The van der Waals surface area contributed by atoms with Crippen molar-refractivity contribution in [3.05, 3.63) is 30.0 Å². The predicted octanol–water partition coefficient (Wildman–Crippen LogP) is 0.520. The van der Waals surface area contributed by atoms with Crippen LogP contribution in [0.1, 0.15) is 18.2 Å². The molecule has 0 amide bonds. The Labute approximate surface area is 103 Å². The number of rotatable bonds is 4. The lowest BCUT2D eigenvalue weighted by molar-refractivity contribution is -0.144. The molecule has 2 aromatic rings. The van der Waals surface area contributed by atoms with Crippen molar-refractivity contribution in [2.24, 2.45) is 0 Å². The quantitative estimate of drug-likeness (QED) is 0.687. The molecule has 3 N–H and O–H groups in total. The van der Waals surface area contributed by atoms with Crippen LogP contribution >= 0.6 is 0 Å². The summed E-state index contributed by atoms with van der Waals surface area (Å²) < 4.78 is 4.44. The highest BCUT2D eigenvalue weighted by molar-refractivity contribution is 5.81. The van der Waals surface area contributed by atoms with Crippen LogP contribution in [0.4, 0.5) is 0 Å². The van der Waals surface area contributed by atoms with Crippen molar-refractivity contribution < 1.29 is 19.7 Å². The molecule has 6 nitrogen and oxygen atoms in total. The molecule has 0 radical (unpaired) electrons. The summed E-state index contributed by atoms with van der Waals surface area (Å²) in [5.41, 5.74) is 1.08. The molecule has 0 aliphatic heterocycles. The Morgan fingerprint density at radius 2 is 2.17 bits per heavy atom. The van der Waals surface area contributed by atoms with Gasteiger partial charge in [-0.3, -0.25) is 9.89 Å². The number of H-pyrrole nitrogens is 1. The third-order valence-corrected chi connectivity index (χ3v) is 2.75. The summed E-state index contributed by atoms with van der Waals surface area (Å²) in [4.78, 5) is 11.0. The Bertz CT molecular complexity index is 552. The van der Waals surface area contributed by atoms with Crippen molar-refractivity contribution in [2.45, 2.75) is 18.6 Å². The summed E-state index contributed by atoms with van der Waals surface area (Å²) >= 11 is 0. The number of para-hydroxylation sites is 1. The Kier molecular flexibility index (Phi) is 3.59. The average Bonchev–Trinajstić information content (AvgIpc) is 2.81. The Morgan fingerprint density at radius 3 is 2.89 bits per heavy atom. The summed E-state index contributed by atoms with van der Waals surface area (Å²) in [6.45, 7) is 0. The first-order valence-electron chi connectivity index (χ1n) is 5.49. The zero-order valence-electron chi connectivity index (χ0n) is 9.83. The van der Waals surface area contributed by atoms with Gasteiger partial charge in [-0.2, -0.15) is 5.10 Å². The maximum Gasteiger partial charge on any atom is 0.308 e. The number of nitrogens with one attached hydrogen (secondary N) is 1. The number of fused-ring (bicyclic) bond motifs is 1. The molecule has 1 aromatic heterocycles. The molecule has 1 aromatic carbocycles. The molecule has 0 bridgehead atoms. The van der Waals surface area contributed by atoms with E-state index >= 15 is 0 Å². The number of hydrogen-bond acceptors (Lipinski definition) is 5. The summed E-state index contributed by atoms with van der Waals surface area (Å²) in [7, 11) is 1.23. The number of methoxy groups -OCH3 is 1. The van der Waals surface area contributed by atoms with Crippen molar-refractivity contribution in [1.82, 2.24) is 10.2 Å². The Morgan fingerprint density at radius 1 is 1.44 bits per heavy atom. The maximum atomic E-state index is 11.0. The second-order valence-corrected chi connectivity index (χ2v) is 3.95. The number of esters is 1. The molecule has 0 saturated heterocycles. The van der Waals surface area contributed by atoms with Gasteiger partial charge in [0, 0.05) is 5.39 Å². The fourth-order valence-corrected chi connectivity index (χ4v) is 1.76. The molecule has 0 fully saturated rings. The first kappa shape index (κ1) is 12.5. The van der Waals surface area contributed by atoms with Crippen molar-refractivity contribution >= 4 is 16.9 Å². The van der Waals surface area contributed by atoms with Gasteiger partial charge in [-0.05, 0) is 6.07 Å². The fraction of sp³-hybridized carbons (Fsp3) is 0.333. The highest BCUT2D eigenvalue weighted by atomic mass is 16.5. The Hall–Kier alpha value is -1.92. The van der Waals surface area contributed by atoms with Gasteiger partial charge in [0.1, 0.15) is 6.10 Å². The first-order chi connectivity index (χ1) is 8.63. The summed E-state index contributed by atoms with van der Waals surface area (Å²) in [6, 6.07) is 7.20. The number of aliphatic hydroxyl groups is 2. The number of carbonyl (C=O) groups is 1. The number of nitrogens with zero attached hydrogens (tertiary/aromatic N) is 1. The van der Waals surface area contributed by atoms with E-state index in [9.17, 15) is 15.0 Å². The van der Waals surface area contributed by atoms with Crippen LogP contribution < -0.4 is 0 Å². The molecule has 0 saturated carbocycles. The van der Waals surface area contributed by atoms with E-state index in [4.69, 9.17) is 0 Å². The topological polar surface area (TPSA) is 95.4 Å². The monoisotopic (exact) mass is 250 g/mol. The van der Waals surface area contributed by atoms with Crippen molar-refractivity contribution in [3.63, 3.8) is 0 Å². The minimum Gasteiger partial charge on any atom is -0.469 e. The number of hydrogen-bond donors (Lipinski definition) is 3. The number of carbonyl (C=O) groups excluding carboxylic acids is 1. The molecule has 1 heterocycles. The minimum absolute atomic E-state index is 0.273. The molecule has 0 spiro atoms.